The molecule has 1 heterocycles. The molecule has 1 aromatic carbocycles. The van der Waals surface area contributed by atoms with E-state index in [0.717, 1.165) is 30.2 Å². The van der Waals surface area contributed by atoms with E-state index in [2.05, 4.69) is 22.2 Å². The summed E-state index contributed by atoms with van der Waals surface area (Å²) in [6.07, 6.45) is 6.11. The number of benzene rings is 1. The molecule has 0 amide bonds. The molecule has 94 valence electrons. The topological polar surface area (TPSA) is 47.0 Å². The first kappa shape index (κ1) is 12.4. The largest absolute Gasteiger partial charge is 0.491 e. The van der Waals surface area contributed by atoms with Crippen molar-refractivity contribution < 1.29 is 4.74 Å². The van der Waals surface area contributed by atoms with Crippen LogP contribution in [-0.4, -0.2) is 16.6 Å². The molecular formula is C14H17N3O. The van der Waals surface area contributed by atoms with E-state index in [1.165, 1.54) is 0 Å². The molecular weight excluding hydrogens is 226 g/mol. The van der Waals surface area contributed by atoms with Gasteiger partial charge in [-0.05, 0) is 18.6 Å². The molecule has 0 saturated carbocycles. The van der Waals surface area contributed by atoms with Crippen LogP contribution in [0.3, 0.4) is 0 Å². The van der Waals surface area contributed by atoms with Crippen LogP contribution in [0.1, 0.15) is 19.0 Å². The van der Waals surface area contributed by atoms with Gasteiger partial charge in [-0.1, -0.05) is 19.1 Å². The van der Waals surface area contributed by atoms with Crippen LogP contribution in [0.5, 0.6) is 5.75 Å². The quantitative estimate of drug-likeness (QED) is 0.847. The molecule has 4 heteroatoms. The Morgan fingerprint density at radius 1 is 1.22 bits per heavy atom. The van der Waals surface area contributed by atoms with Crippen LogP contribution in [0.15, 0.2) is 42.9 Å². The van der Waals surface area contributed by atoms with Gasteiger partial charge in [0.25, 0.3) is 0 Å². The van der Waals surface area contributed by atoms with Crippen LogP contribution in [-0.2, 0) is 6.54 Å². The Morgan fingerprint density at radius 2 is 2.11 bits per heavy atom. The zero-order chi connectivity index (χ0) is 12.6. The predicted molar refractivity (Wildman–Crippen MR) is 71.6 cm³/mol. The van der Waals surface area contributed by atoms with Gasteiger partial charge in [-0.2, -0.15) is 0 Å². The first-order valence-electron chi connectivity index (χ1n) is 6.10. The molecule has 0 unspecified atom stereocenters. The fraction of sp³-hybridized carbons (Fsp3) is 0.286. The second kappa shape index (κ2) is 6.59. The van der Waals surface area contributed by atoms with Crippen LogP contribution < -0.4 is 10.1 Å². The van der Waals surface area contributed by atoms with Crippen molar-refractivity contribution in [2.24, 2.45) is 0 Å². The first-order chi connectivity index (χ1) is 8.90. The number of aromatic nitrogens is 2. The molecule has 4 nitrogen and oxygen atoms in total. The van der Waals surface area contributed by atoms with Gasteiger partial charge in [-0.3, -0.25) is 9.97 Å². The molecule has 0 aliphatic heterocycles. The Balaban J connectivity index is 2.00. The third kappa shape index (κ3) is 3.45. The minimum atomic E-state index is 0.639. The molecule has 0 spiro atoms. The van der Waals surface area contributed by atoms with Gasteiger partial charge >= 0.3 is 0 Å². The average molecular weight is 243 g/mol. The van der Waals surface area contributed by atoms with E-state index in [-0.39, 0.29) is 0 Å². The van der Waals surface area contributed by atoms with E-state index < -0.39 is 0 Å². The van der Waals surface area contributed by atoms with Gasteiger partial charge in [0, 0.05) is 12.4 Å². The van der Waals surface area contributed by atoms with Crippen molar-refractivity contribution >= 4 is 5.69 Å². The first-order valence-corrected chi connectivity index (χ1v) is 6.10. The Bertz CT molecular complexity index is 473. The number of hydrogen-bond donors (Lipinski definition) is 1. The van der Waals surface area contributed by atoms with Crippen LogP contribution in [0.25, 0.3) is 0 Å². The van der Waals surface area contributed by atoms with Crippen molar-refractivity contribution in [1.82, 2.24) is 9.97 Å². The average Bonchev–Trinajstić information content (AvgIpc) is 2.45. The van der Waals surface area contributed by atoms with Crippen molar-refractivity contribution in [3.63, 3.8) is 0 Å². The van der Waals surface area contributed by atoms with Crippen molar-refractivity contribution in [2.45, 2.75) is 19.9 Å². The number of nitrogens with zero attached hydrogens (tertiary/aromatic N) is 2. The minimum absolute atomic E-state index is 0.639. The van der Waals surface area contributed by atoms with E-state index in [1.807, 2.05) is 24.3 Å². The number of nitrogens with one attached hydrogen (secondary N) is 1. The van der Waals surface area contributed by atoms with Gasteiger partial charge < -0.3 is 10.1 Å². The van der Waals surface area contributed by atoms with Crippen LogP contribution in [0.2, 0.25) is 0 Å². The molecule has 0 fully saturated rings. The van der Waals surface area contributed by atoms with Gasteiger partial charge in [-0.15, -0.1) is 0 Å². The normalized spacial score (nSPS) is 10.1. The molecule has 2 rings (SSSR count). The molecule has 0 bridgehead atoms. The number of para-hydroxylation sites is 2. The third-order valence-corrected chi connectivity index (χ3v) is 2.43. The van der Waals surface area contributed by atoms with Gasteiger partial charge in [-0.25, -0.2) is 0 Å². The summed E-state index contributed by atoms with van der Waals surface area (Å²) in [5.41, 5.74) is 1.89. The fourth-order valence-electron chi connectivity index (χ4n) is 1.56. The highest BCUT2D eigenvalue weighted by molar-refractivity contribution is 5.56. The molecule has 0 aliphatic carbocycles. The maximum absolute atomic E-state index is 5.68. The number of hydrogen-bond acceptors (Lipinski definition) is 4. The van der Waals surface area contributed by atoms with Crippen LogP contribution in [0, 0.1) is 0 Å². The Hall–Kier alpha value is -2.10. The van der Waals surface area contributed by atoms with Crippen LogP contribution in [0.4, 0.5) is 5.69 Å². The summed E-state index contributed by atoms with van der Waals surface area (Å²) >= 11 is 0. The fourth-order valence-corrected chi connectivity index (χ4v) is 1.56. The highest BCUT2D eigenvalue weighted by Gasteiger charge is 2.02. The highest BCUT2D eigenvalue weighted by atomic mass is 16.5. The lowest BCUT2D eigenvalue weighted by Gasteiger charge is -2.12. The lowest BCUT2D eigenvalue weighted by molar-refractivity contribution is 0.319. The SMILES string of the molecule is CCCOc1ccccc1NCc1cnccn1. The maximum Gasteiger partial charge on any atom is 0.142 e. The highest BCUT2D eigenvalue weighted by Crippen LogP contribution is 2.24. The van der Waals surface area contributed by atoms with E-state index in [1.54, 1.807) is 18.6 Å². The van der Waals surface area contributed by atoms with E-state index >= 15 is 0 Å². The smallest absolute Gasteiger partial charge is 0.142 e. The predicted octanol–water partition coefficient (Wildman–Crippen LogP) is 2.88. The number of rotatable bonds is 6. The Kier molecular flexibility index (Phi) is 4.53. The molecule has 1 N–H and O–H groups in total. The standard InChI is InChI=1S/C14H17N3O/c1-2-9-18-14-6-4-3-5-13(14)17-11-12-10-15-7-8-16-12/h3-8,10,17H,2,9,11H2,1H3. The van der Waals surface area contributed by atoms with E-state index in [4.69, 9.17) is 4.74 Å². The van der Waals surface area contributed by atoms with Crippen molar-refractivity contribution in [1.29, 1.82) is 0 Å². The maximum atomic E-state index is 5.68. The Morgan fingerprint density at radius 3 is 2.89 bits per heavy atom. The summed E-state index contributed by atoms with van der Waals surface area (Å²) < 4.78 is 5.68. The third-order valence-electron chi connectivity index (χ3n) is 2.43. The summed E-state index contributed by atoms with van der Waals surface area (Å²) in [7, 11) is 0. The van der Waals surface area contributed by atoms with Crippen LogP contribution >= 0.6 is 0 Å². The van der Waals surface area contributed by atoms with E-state index in [9.17, 15) is 0 Å². The zero-order valence-electron chi connectivity index (χ0n) is 10.5. The molecule has 0 radical (unpaired) electrons. The second-order valence-electron chi connectivity index (χ2n) is 3.89. The second-order valence-corrected chi connectivity index (χ2v) is 3.89. The monoisotopic (exact) mass is 243 g/mol. The zero-order valence-corrected chi connectivity index (χ0v) is 10.5. The summed E-state index contributed by atoms with van der Waals surface area (Å²) in [6.45, 7) is 3.46. The summed E-state index contributed by atoms with van der Waals surface area (Å²) in [6, 6.07) is 7.92. The molecule has 0 atom stereocenters. The molecule has 1 aromatic heterocycles. The van der Waals surface area contributed by atoms with Gasteiger partial charge in [0.1, 0.15) is 5.75 Å². The minimum Gasteiger partial charge on any atom is -0.491 e. The number of ether oxygens (including phenoxy) is 1. The lowest BCUT2D eigenvalue weighted by Crippen LogP contribution is -2.04. The molecule has 0 saturated heterocycles. The van der Waals surface area contributed by atoms with Gasteiger partial charge in [0.15, 0.2) is 0 Å². The summed E-state index contributed by atoms with van der Waals surface area (Å²) in [5, 5.41) is 3.31. The molecule has 0 aliphatic rings. The number of anilines is 1. The summed E-state index contributed by atoms with van der Waals surface area (Å²) in [4.78, 5) is 8.26. The van der Waals surface area contributed by atoms with Crippen molar-refractivity contribution in [2.75, 3.05) is 11.9 Å². The van der Waals surface area contributed by atoms with Crippen molar-refractivity contribution in [3.8, 4) is 5.75 Å². The van der Waals surface area contributed by atoms with E-state index in [0.29, 0.717) is 6.54 Å². The summed E-state index contributed by atoms with van der Waals surface area (Å²) in [5.74, 6) is 0.878. The van der Waals surface area contributed by atoms with Crippen molar-refractivity contribution in [3.05, 3.63) is 48.5 Å². The molecule has 2 aromatic rings. The van der Waals surface area contributed by atoms with Gasteiger partial charge in [0.2, 0.25) is 0 Å². The lowest BCUT2D eigenvalue weighted by atomic mass is 10.3. The van der Waals surface area contributed by atoms with Gasteiger partial charge in [0.05, 0.1) is 30.7 Å². The molecule has 18 heavy (non-hydrogen) atoms. The Labute approximate surface area is 107 Å².